The second-order valence-electron chi connectivity index (χ2n) is 4.89. The van der Waals surface area contributed by atoms with Crippen molar-refractivity contribution in [2.75, 3.05) is 13.1 Å². The molecule has 4 atom stereocenters. The van der Waals surface area contributed by atoms with Crippen LogP contribution >= 0.6 is 0 Å². The first-order chi connectivity index (χ1) is 8.61. The number of nitrogens with zero attached hydrogens (tertiary/aromatic N) is 2. The summed E-state index contributed by atoms with van der Waals surface area (Å²) >= 11 is 0. The van der Waals surface area contributed by atoms with Crippen LogP contribution in [-0.2, 0) is 109 Å². The van der Waals surface area contributed by atoms with Crippen molar-refractivity contribution < 1.29 is 152 Å². The van der Waals surface area contributed by atoms with Crippen LogP contribution in [0.5, 0.6) is 0 Å². The smallest absolute Gasteiger partial charge is 0.693 e. The van der Waals surface area contributed by atoms with Crippen LogP contribution in [0.15, 0.2) is 12.2 Å². The van der Waals surface area contributed by atoms with Crippen LogP contribution in [-0.4, -0.2) is 80.1 Å². The molecule has 0 aromatic rings. The maximum Gasteiger partial charge on any atom is 2.00 e. The molecule has 0 aromatic heterocycles. The van der Waals surface area contributed by atoms with Crippen LogP contribution in [0.25, 0.3) is 16.8 Å². The van der Waals surface area contributed by atoms with E-state index in [1.807, 2.05) is 0 Å². The molecule has 2 aliphatic heterocycles. The third-order valence-electron chi connectivity index (χ3n) is 3.73. The van der Waals surface area contributed by atoms with Gasteiger partial charge in [-0.3, -0.25) is 0 Å². The Morgan fingerprint density at radius 3 is 1.78 bits per heavy atom. The summed E-state index contributed by atoms with van der Waals surface area (Å²) in [5.41, 5.74) is 0. The van der Waals surface area contributed by atoms with E-state index in [-0.39, 0.29) is 155 Å². The molecule has 14 N–H and O–H groups in total. The fraction of sp³-hybridized carbons (Fsp3) is 0.833. The molecule has 0 amide bonds. The van der Waals surface area contributed by atoms with Crippen molar-refractivity contribution in [1.82, 2.24) is 0 Å². The Morgan fingerprint density at radius 1 is 0.815 bits per heavy atom. The Labute approximate surface area is 240 Å². The van der Waals surface area contributed by atoms with E-state index in [9.17, 15) is 20.4 Å². The molecule has 1 fully saturated rings. The predicted molar refractivity (Wildman–Crippen MR) is 85.6 cm³/mol. The van der Waals surface area contributed by atoms with Gasteiger partial charge in [-0.05, 0) is 12.3 Å². The molecule has 4 unspecified atom stereocenters. The number of hydrogen-bond acceptors (Lipinski definition) is 4. The van der Waals surface area contributed by atoms with E-state index >= 15 is 0 Å². The number of hydrogen-bond donors (Lipinski definition) is 4. The van der Waals surface area contributed by atoms with E-state index < -0.39 is 18.5 Å². The quantitative estimate of drug-likeness (QED) is 0.133. The third-order valence-corrected chi connectivity index (χ3v) is 3.73. The molecule has 0 spiro atoms. The zero-order chi connectivity index (χ0) is 13.1. The van der Waals surface area contributed by atoms with Gasteiger partial charge in [0.25, 0.3) is 0 Å². The largest absolute Gasteiger partial charge is 2.00 e. The Bertz CT molecular complexity index is 322. The Morgan fingerprint density at radius 2 is 1.33 bits per heavy atom. The van der Waals surface area contributed by atoms with Gasteiger partial charge in [0.2, 0.25) is 0 Å². The van der Waals surface area contributed by atoms with Gasteiger partial charge in [0.1, 0.15) is 0 Å². The van der Waals surface area contributed by atoms with Crippen molar-refractivity contribution in [3.05, 3.63) is 28.9 Å². The maximum atomic E-state index is 9.41. The Kier molecular flexibility index (Phi) is 52.2. The Balaban J connectivity index is -0.0000000669. The fourth-order valence-electron chi connectivity index (χ4n) is 2.81. The topological polar surface area (TPSA) is 269 Å². The molecular formula is C12H30Cd4N3O8-. The number of aliphatic hydroxyl groups is 4. The minimum Gasteiger partial charge on any atom is -0.693 e. The van der Waals surface area contributed by atoms with Crippen molar-refractivity contribution >= 4 is 0 Å². The molecule has 150 valence electrons. The van der Waals surface area contributed by atoms with E-state index in [1.165, 1.54) is 0 Å². The molecule has 15 heteroatoms. The summed E-state index contributed by atoms with van der Waals surface area (Å²) < 4.78 is 0. The van der Waals surface area contributed by atoms with Gasteiger partial charge in [0.05, 0.1) is 0 Å². The van der Waals surface area contributed by atoms with Crippen LogP contribution in [0.1, 0.15) is 12.8 Å². The molecule has 0 aromatic carbocycles. The normalized spacial score (nSPS) is 25.0. The summed E-state index contributed by atoms with van der Waals surface area (Å²) in [6, 6.07) is -0.738. The molecule has 0 aliphatic carbocycles. The summed E-state index contributed by atoms with van der Waals surface area (Å²) in [6.45, 7) is 1.17. The van der Waals surface area contributed by atoms with Crippen LogP contribution in [0.2, 0.25) is 0 Å². The molecule has 2 rings (SSSR count). The van der Waals surface area contributed by atoms with Crippen LogP contribution in [0, 0.1) is 11.8 Å². The Hall–Kier alpha value is 2.99. The molecule has 2 aliphatic rings. The van der Waals surface area contributed by atoms with Crippen LogP contribution < -0.4 is 0 Å². The van der Waals surface area contributed by atoms with E-state index in [1.54, 1.807) is 12.2 Å². The van der Waals surface area contributed by atoms with Gasteiger partial charge < -0.3 is 59.1 Å². The molecule has 11 nitrogen and oxygen atoms in total. The molecule has 0 saturated carbocycles. The van der Waals surface area contributed by atoms with Crippen molar-refractivity contribution in [1.29, 1.82) is 0 Å². The molecular weight excluding hydrogens is 764 g/mol. The summed E-state index contributed by atoms with van der Waals surface area (Å²) in [4.78, 5) is 0. The molecule has 0 bridgehead atoms. The van der Waals surface area contributed by atoms with Gasteiger partial charge in [-0.25, -0.2) is 0 Å². The first-order valence-corrected chi connectivity index (χ1v) is 6.33. The number of nitrogens with two attached hydrogens (primary N) is 1. The molecule has 27 heavy (non-hydrogen) atoms. The van der Waals surface area contributed by atoms with E-state index in [4.69, 9.17) is 0 Å². The first kappa shape index (κ1) is 52.1. The summed E-state index contributed by atoms with van der Waals surface area (Å²) in [7, 11) is 0. The monoisotopic (exact) mass is 800 g/mol. The minimum atomic E-state index is -1.50. The van der Waals surface area contributed by atoms with Gasteiger partial charge in [-0.2, -0.15) is 0 Å². The van der Waals surface area contributed by atoms with Gasteiger partial charge in [0, 0.05) is 87.8 Å². The van der Waals surface area contributed by atoms with Crippen LogP contribution in [0.4, 0.5) is 0 Å². The first-order valence-electron chi connectivity index (χ1n) is 6.33. The van der Waals surface area contributed by atoms with Crippen molar-refractivity contribution in [2.45, 2.75) is 37.5 Å². The standard InChI is InChI=1S/C12H20N2O4.4Cd.H2N.4H2O/c15-11(16)7-3-1-5-13-9(7)10-8(12(17)18)4-2-6-14-10;;;;;;;;;/h1,3,7-12,15-18H,2,4-6H2;;;;;5*1H2/q-2;;;;+2;-1;;;;. The van der Waals surface area contributed by atoms with Crippen molar-refractivity contribution in [2.24, 2.45) is 11.8 Å². The van der Waals surface area contributed by atoms with E-state index in [2.05, 4.69) is 10.6 Å². The second kappa shape index (κ2) is 27.0. The van der Waals surface area contributed by atoms with Crippen molar-refractivity contribution in [3.63, 3.8) is 0 Å². The minimum absolute atomic E-state index is 0. The third kappa shape index (κ3) is 15.4. The zero-order valence-electron chi connectivity index (χ0n) is 15.5. The average Bonchev–Trinajstić information content (AvgIpc) is 2.38. The molecule has 2 heterocycles. The van der Waals surface area contributed by atoms with E-state index in [0.717, 1.165) is 6.42 Å². The van der Waals surface area contributed by atoms with Gasteiger partial charge >= 0.3 is 27.3 Å². The summed E-state index contributed by atoms with van der Waals surface area (Å²) in [5, 5.41) is 46.4. The summed E-state index contributed by atoms with van der Waals surface area (Å²) in [5.74, 6) is -0.896. The number of aliphatic hydroxyl groups excluding tert-OH is 2. The SMILES string of the molecule is O.O.O.O.OC(O)C1C=CC[N-]C1C1[N-]CCCC1C(O)O.[Cd+2].[Cd].[Cd].[Cd].[NH2-]. The van der Waals surface area contributed by atoms with E-state index in [0.29, 0.717) is 19.5 Å². The maximum absolute atomic E-state index is 9.41. The number of piperidine rings is 1. The molecule has 0 radical (unpaired) electrons. The van der Waals surface area contributed by atoms with Gasteiger partial charge in [0.15, 0.2) is 12.6 Å². The van der Waals surface area contributed by atoms with Gasteiger partial charge in [-0.1, -0.05) is 12.5 Å². The second-order valence-corrected chi connectivity index (χ2v) is 4.89. The average molecular weight is 794 g/mol. The fourth-order valence-corrected chi connectivity index (χ4v) is 2.81. The van der Waals surface area contributed by atoms with Crippen LogP contribution in [0.3, 0.4) is 0 Å². The number of rotatable bonds is 3. The summed E-state index contributed by atoms with van der Waals surface area (Å²) in [6.07, 6.45) is 2.09. The molecule has 1 saturated heterocycles. The van der Waals surface area contributed by atoms with Gasteiger partial charge in [-0.15, -0.1) is 31.2 Å². The predicted octanol–water partition coefficient (Wildman–Crippen LogP) is -2.90. The zero-order valence-corrected chi connectivity index (χ0v) is 31.7. The van der Waals surface area contributed by atoms with Crippen molar-refractivity contribution in [3.8, 4) is 0 Å².